The molecule has 0 saturated heterocycles. The van der Waals surface area contributed by atoms with Gasteiger partial charge in [0, 0.05) is 17.2 Å². The quantitative estimate of drug-likeness (QED) is 0.479. The summed E-state index contributed by atoms with van der Waals surface area (Å²) in [6, 6.07) is 10.3. The summed E-state index contributed by atoms with van der Waals surface area (Å²) in [6.07, 6.45) is 1.01. The molecule has 0 saturated carbocycles. The van der Waals surface area contributed by atoms with Crippen LogP contribution < -0.4 is 10.1 Å². The van der Waals surface area contributed by atoms with Gasteiger partial charge in [-0.15, -0.1) is 21.5 Å². The Hall–Kier alpha value is -1.09. The standard InChI is InChI=1S/C16H16BrN3OS3/c1-21-14-5-4-11(9-13(14)17)10-23-16-20-19-15(24-16)18-7-6-12-3-2-8-22-12/h2-5,8-9H,6-7,10H2,1H3,(H,18,19). The van der Waals surface area contributed by atoms with Gasteiger partial charge in [0.1, 0.15) is 5.75 Å². The van der Waals surface area contributed by atoms with Crippen molar-refractivity contribution in [3.63, 3.8) is 0 Å². The van der Waals surface area contributed by atoms with Crippen LogP contribution in [0, 0.1) is 0 Å². The van der Waals surface area contributed by atoms with E-state index >= 15 is 0 Å². The fraction of sp³-hybridized carbons (Fsp3) is 0.250. The second kappa shape index (κ2) is 8.84. The maximum atomic E-state index is 5.25. The van der Waals surface area contributed by atoms with Gasteiger partial charge in [-0.2, -0.15) is 0 Å². The van der Waals surface area contributed by atoms with Crippen LogP contribution in [0.25, 0.3) is 0 Å². The van der Waals surface area contributed by atoms with Gasteiger partial charge in [-0.3, -0.25) is 0 Å². The van der Waals surface area contributed by atoms with Crippen LogP contribution in [0.1, 0.15) is 10.4 Å². The lowest BCUT2D eigenvalue weighted by Crippen LogP contribution is -2.03. The van der Waals surface area contributed by atoms with Crippen LogP contribution in [-0.2, 0) is 12.2 Å². The number of methoxy groups -OCH3 is 1. The van der Waals surface area contributed by atoms with Crippen molar-refractivity contribution in [2.24, 2.45) is 0 Å². The van der Waals surface area contributed by atoms with Gasteiger partial charge in [0.05, 0.1) is 11.6 Å². The number of hydrogen-bond acceptors (Lipinski definition) is 7. The third-order valence-electron chi connectivity index (χ3n) is 3.21. The molecule has 0 bridgehead atoms. The number of hydrogen-bond donors (Lipinski definition) is 1. The van der Waals surface area contributed by atoms with Crippen molar-refractivity contribution in [3.8, 4) is 5.75 Å². The van der Waals surface area contributed by atoms with Crippen LogP contribution in [0.4, 0.5) is 5.13 Å². The highest BCUT2D eigenvalue weighted by atomic mass is 79.9. The normalized spacial score (nSPS) is 10.8. The van der Waals surface area contributed by atoms with E-state index in [1.54, 1.807) is 41.5 Å². The summed E-state index contributed by atoms with van der Waals surface area (Å²) in [5.74, 6) is 1.70. The van der Waals surface area contributed by atoms with Crippen LogP contribution in [0.15, 0.2) is 44.5 Å². The van der Waals surface area contributed by atoms with Gasteiger partial charge in [0.15, 0.2) is 4.34 Å². The molecule has 3 rings (SSSR count). The second-order valence-corrected chi connectivity index (χ2v) is 8.97. The summed E-state index contributed by atoms with van der Waals surface area (Å²) >= 11 is 8.59. The number of thioether (sulfide) groups is 1. The molecule has 0 atom stereocenters. The van der Waals surface area contributed by atoms with Gasteiger partial charge in [-0.25, -0.2) is 0 Å². The predicted octanol–water partition coefficient (Wildman–Crippen LogP) is 5.32. The number of rotatable bonds is 8. The van der Waals surface area contributed by atoms with E-state index in [9.17, 15) is 0 Å². The zero-order valence-corrected chi connectivity index (χ0v) is 17.0. The molecular formula is C16H16BrN3OS3. The molecule has 1 N–H and O–H groups in total. The number of nitrogens with one attached hydrogen (secondary N) is 1. The van der Waals surface area contributed by atoms with E-state index in [0.29, 0.717) is 0 Å². The minimum atomic E-state index is 0.844. The van der Waals surface area contributed by atoms with Gasteiger partial charge < -0.3 is 10.1 Å². The molecule has 0 aliphatic carbocycles. The number of ether oxygens (including phenoxy) is 1. The van der Waals surface area contributed by atoms with Crippen molar-refractivity contribution in [3.05, 3.63) is 50.6 Å². The number of aromatic nitrogens is 2. The van der Waals surface area contributed by atoms with Crippen LogP contribution in [-0.4, -0.2) is 23.9 Å². The summed E-state index contributed by atoms with van der Waals surface area (Å²) in [4.78, 5) is 1.38. The maximum absolute atomic E-state index is 5.25. The lowest BCUT2D eigenvalue weighted by molar-refractivity contribution is 0.412. The topological polar surface area (TPSA) is 47.0 Å². The van der Waals surface area contributed by atoms with Crippen LogP contribution >= 0.6 is 50.4 Å². The van der Waals surface area contributed by atoms with Crippen molar-refractivity contribution < 1.29 is 4.74 Å². The third-order valence-corrected chi connectivity index (χ3v) is 6.85. The Morgan fingerprint density at radius 3 is 2.96 bits per heavy atom. The Morgan fingerprint density at radius 2 is 2.21 bits per heavy atom. The lowest BCUT2D eigenvalue weighted by Gasteiger charge is -2.05. The summed E-state index contributed by atoms with van der Waals surface area (Å²) in [7, 11) is 1.67. The Balaban J connectivity index is 1.48. The first-order chi connectivity index (χ1) is 11.7. The van der Waals surface area contributed by atoms with E-state index < -0.39 is 0 Å². The summed E-state index contributed by atoms with van der Waals surface area (Å²) in [6.45, 7) is 0.880. The molecule has 2 aromatic heterocycles. The fourth-order valence-corrected chi connectivity index (χ4v) is 5.05. The Bertz CT molecular complexity index is 777. The second-order valence-electron chi connectivity index (χ2n) is 4.89. The highest BCUT2D eigenvalue weighted by Crippen LogP contribution is 2.31. The number of halogens is 1. The van der Waals surface area contributed by atoms with E-state index in [-0.39, 0.29) is 0 Å². The smallest absolute Gasteiger partial charge is 0.206 e. The first kappa shape index (κ1) is 17.7. The number of benzene rings is 1. The Kier molecular flexibility index (Phi) is 6.53. The molecule has 0 unspecified atom stereocenters. The van der Waals surface area contributed by atoms with Crippen molar-refractivity contribution in [2.75, 3.05) is 19.0 Å². The van der Waals surface area contributed by atoms with E-state index in [4.69, 9.17) is 4.74 Å². The van der Waals surface area contributed by atoms with Crippen molar-refractivity contribution >= 4 is 55.5 Å². The van der Waals surface area contributed by atoms with Gasteiger partial charge >= 0.3 is 0 Å². The average molecular weight is 442 g/mol. The minimum Gasteiger partial charge on any atom is -0.496 e. The molecule has 0 fully saturated rings. The van der Waals surface area contributed by atoms with Crippen LogP contribution in [0.2, 0.25) is 0 Å². The monoisotopic (exact) mass is 441 g/mol. The summed E-state index contributed by atoms with van der Waals surface area (Å²) in [5, 5.41) is 14.8. The highest BCUT2D eigenvalue weighted by molar-refractivity contribution is 9.10. The molecule has 0 aliphatic heterocycles. The van der Waals surface area contributed by atoms with Gasteiger partial charge in [0.25, 0.3) is 0 Å². The van der Waals surface area contributed by atoms with Gasteiger partial charge in [-0.1, -0.05) is 35.2 Å². The Labute approximate surface area is 161 Å². The van der Waals surface area contributed by atoms with Crippen LogP contribution in [0.3, 0.4) is 0 Å². The van der Waals surface area contributed by atoms with E-state index in [2.05, 4.69) is 61.1 Å². The molecule has 0 aliphatic rings. The summed E-state index contributed by atoms with van der Waals surface area (Å²) in [5.41, 5.74) is 1.22. The van der Waals surface area contributed by atoms with Gasteiger partial charge in [-0.05, 0) is 51.5 Å². The van der Waals surface area contributed by atoms with Crippen molar-refractivity contribution in [1.29, 1.82) is 0 Å². The molecular weight excluding hydrogens is 426 g/mol. The SMILES string of the molecule is COc1ccc(CSc2nnc(NCCc3cccs3)s2)cc1Br. The molecule has 4 nitrogen and oxygen atoms in total. The molecule has 126 valence electrons. The Morgan fingerprint density at radius 1 is 1.29 bits per heavy atom. The molecule has 8 heteroatoms. The van der Waals surface area contributed by atoms with E-state index in [1.165, 1.54) is 10.4 Å². The maximum Gasteiger partial charge on any atom is 0.206 e. The molecule has 24 heavy (non-hydrogen) atoms. The first-order valence-corrected chi connectivity index (χ1v) is 10.8. The predicted molar refractivity (Wildman–Crippen MR) is 107 cm³/mol. The van der Waals surface area contributed by atoms with Gasteiger partial charge in [0.2, 0.25) is 5.13 Å². The van der Waals surface area contributed by atoms with Crippen molar-refractivity contribution in [2.45, 2.75) is 16.5 Å². The zero-order chi connectivity index (χ0) is 16.8. The third kappa shape index (κ3) is 4.95. The highest BCUT2D eigenvalue weighted by Gasteiger charge is 2.07. The number of anilines is 1. The van der Waals surface area contributed by atoms with Crippen molar-refractivity contribution in [1.82, 2.24) is 10.2 Å². The minimum absolute atomic E-state index is 0.844. The first-order valence-electron chi connectivity index (χ1n) is 7.29. The number of nitrogens with zero attached hydrogens (tertiary/aromatic N) is 2. The largest absolute Gasteiger partial charge is 0.496 e. The fourth-order valence-electron chi connectivity index (χ4n) is 2.03. The molecule has 2 heterocycles. The van der Waals surface area contributed by atoms with E-state index in [0.717, 1.165) is 38.4 Å². The lowest BCUT2D eigenvalue weighted by atomic mass is 10.2. The summed E-state index contributed by atoms with van der Waals surface area (Å²) < 4.78 is 7.19. The van der Waals surface area contributed by atoms with E-state index in [1.807, 2.05) is 6.07 Å². The molecule has 1 aromatic carbocycles. The zero-order valence-electron chi connectivity index (χ0n) is 13.0. The average Bonchev–Trinajstić information content (AvgIpc) is 3.25. The molecule has 3 aromatic rings. The molecule has 0 radical (unpaired) electrons. The number of thiophene rings is 1. The molecule has 0 amide bonds. The molecule has 0 spiro atoms. The van der Waals surface area contributed by atoms with Crippen LogP contribution in [0.5, 0.6) is 5.75 Å².